The number of hydrogen-bond acceptors (Lipinski definition) is 3. The lowest BCUT2D eigenvalue weighted by molar-refractivity contribution is -0.118. The van der Waals surface area contributed by atoms with Crippen LogP contribution in [0, 0.1) is 0 Å². The van der Waals surface area contributed by atoms with Crippen molar-refractivity contribution >= 4 is 28.8 Å². The highest BCUT2D eigenvalue weighted by molar-refractivity contribution is 7.07. The number of benzene rings is 1. The molecular formula is C16H17N3O2S. The van der Waals surface area contributed by atoms with Crippen molar-refractivity contribution in [1.82, 2.24) is 4.57 Å². The van der Waals surface area contributed by atoms with Gasteiger partial charge in [0, 0.05) is 37.3 Å². The summed E-state index contributed by atoms with van der Waals surface area (Å²) < 4.78 is 1.82. The molecular weight excluding hydrogens is 298 g/mol. The SMILES string of the molecule is Cn1ccsc1=NC(=O)Cc1ccc(N2CCCC2=O)cc1. The summed E-state index contributed by atoms with van der Waals surface area (Å²) >= 11 is 1.44. The molecule has 3 rings (SSSR count). The number of hydrogen-bond donors (Lipinski definition) is 0. The summed E-state index contributed by atoms with van der Waals surface area (Å²) in [4.78, 5) is 30.3. The van der Waals surface area contributed by atoms with Crippen LogP contribution in [0.2, 0.25) is 0 Å². The first-order valence-electron chi connectivity index (χ1n) is 7.20. The molecule has 0 bridgehead atoms. The maximum Gasteiger partial charge on any atom is 0.252 e. The molecule has 114 valence electrons. The van der Waals surface area contributed by atoms with Crippen LogP contribution < -0.4 is 9.70 Å². The van der Waals surface area contributed by atoms with Gasteiger partial charge in [0.05, 0.1) is 6.42 Å². The molecule has 1 aromatic heterocycles. The summed E-state index contributed by atoms with van der Waals surface area (Å²) in [7, 11) is 1.87. The third kappa shape index (κ3) is 3.17. The molecule has 22 heavy (non-hydrogen) atoms. The van der Waals surface area contributed by atoms with Crippen molar-refractivity contribution in [2.24, 2.45) is 12.0 Å². The van der Waals surface area contributed by atoms with Gasteiger partial charge in [-0.2, -0.15) is 4.99 Å². The molecule has 1 aliphatic rings. The number of carbonyl (C=O) groups excluding carboxylic acids is 2. The van der Waals surface area contributed by atoms with Gasteiger partial charge in [-0.05, 0) is 24.1 Å². The van der Waals surface area contributed by atoms with Crippen molar-refractivity contribution < 1.29 is 9.59 Å². The molecule has 0 atom stereocenters. The van der Waals surface area contributed by atoms with Gasteiger partial charge in [-0.3, -0.25) is 9.59 Å². The normalized spacial score (nSPS) is 15.6. The number of rotatable bonds is 3. The summed E-state index contributed by atoms with van der Waals surface area (Å²) in [5.74, 6) is 0.00655. The van der Waals surface area contributed by atoms with Crippen molar-refractivity contribution in [1.29, 1.82) is 0 Å². The zero-order valence-corrected chi connectivity index (χ0v) is 13.2. The number of aromatic nitrogens is 1. The van der Waals surface area contributed by atoms with Crippen molar-refractivity contribution in [3.63, 3.8) is 0 Å². The van der Waals surface area contributed by atoms with E-state index in [1.165, 1.54) is 11.3 Å². The first-order valence-corrected chi connectivity index (χ1v) is 8.08. The molecule has 1 aliphatic heterocycles. The predicted octanol–water partition coefficient (Wildman–Crippen LogP) is 1.88. The number of nitrogens with zero attached hydrogens (tertiary/aromatic N) is 3. The fourth-order valence-electron chi connectivity index (χ4n) is 2.47. The minimum absolute atomic E-state index is 0.164. The van der Waals surface area contributed by atoms with E-state index in [9.17, 15) is 9.59 Å². The van der Waals surface area contributed by atoms with Gasteiger partial charge in [0.25, 0.3) is 5.91 Å². The minimum Gasteiger partial charge on any atom is -0.327 e. The summed E-state index contributed by atoms with van der Waals surface area (Å²) in [5, 5.41) is 1.90. The lowest BCUT2D eigenvalue weighted by Gasteiger charge is -2.15. The first-order chi connectivity index (χ1) is 10.6. The number of carbonyl (C=O) groups is 2. The van der Waals surface area contributed by atoms with Crippen molar-refractivity contribution in [3.05, 3.63) is 46.2 Å². The molecule has 1 saturated heterocycles. The molecule has 2 amide bonds. The van der Waals surface area contributed by atoms with E-state index in [1.54, 1.807) is 4.90 Å². The maximum absolute atomic E-state index is 12.0. The second-order valence-electron chi connectivity index (χ2n) is 5.29. The van der Waals surface area contributed by atoms with Gasteiger partial charge in [0.15, 0.2) is 4.80 Å². The highest BCUT2D eigenvalue weighted by atomic mass is 32.1. The molecule has 6 heteroatoms. The largest absolute Gasteiger partial charge is 0.327 e. The van der Waals surface area contributed by atoms with Gasteiger partial charge in [0.2, 0.25) is 5.91 Å². The zero-order chi connectivity index (χ0) is 15.5. The Hall–Kier alpha value is -2.21. The van der Waals surface area contributed by atoms with Gasteiger partial charge in [0.1, 0.15) is 0 Å². The Balaban J connectivity index is 1.70. The second kappa shape index (κ2) is 6.27. The summed E-state index contributed by atoms with van der Waals surface area (Å²) in [6.07, 6.45) is 3.68. The summed E-state index contributed by atoms with van der Waals surface area (Å²) in [5.41, 5.74) is 1.81. The van der Waals surface area contributed by atoms with Crippen LogP contribution in [0.3, 0.4) is 0 Å². The third-order valence-electron chi connectivity index (χ3n) is 3.66. The Morgan fingerprint density at radius 1 is 1.32 bits per heavy atom. The second-order valence-corrected chi connectivity index (χ2v) is 6.17. The number of aryl methyl sites for hydroxylation is 1. The first kappa shape index (κ1) is 14.7. The molecule has 1 fully saturated rings. The molecule has 0 unspecified atom stereocenters. The molecule has 2 aromatic rings. The lowest BCUT2D eigenvalue weighted by Crippen LogP contribution is -2.23. The van der Waals surface area contributed by atoms with Crippen molar-refractivity contribution in [2.45, 2.75) is 19.3 Å². The Kier molecular flexibility index (Phi) is 4.20. The summed E-state index contributed by atoms with van der Waals surface area (Å²) in [6.45, 7) is 0.779. The van der Waals surface area contributed by atoms with Crippen LogP contribution in [0.15, 0.2) is 40.8 Å². The molecule has 0 spiro atoms. The zero-order valence-electron chi connectivity index (χ0n) is 12.4. The Labute approximate surface area is 132 Å². The standard InChI is InChI=1S/C16H17N3O2S/c1-18-9-10-22-16(18)17-14(20)11-12-4-6-13(7-5-12)19-8-2-3-15(19)21/h4-7,9-10H,2-3,8,11H2,1H3. The van der Waals surface area contributed by atoms with Crippen molar-refractivity contribution in [3.8, 4) is 0 Å². The Morgan fingerprint density at radius 3 is 2.68 bits per heavy atom. The third-order valence-corrected chi connectivity index (χ3v) is 4.50. The van der Waals surface area contributed by atoms with E-state index in [0.717, 1.165) is 24.2 Å². The van der Waals surface area contributed by atoms with Gasteiger partial charge < -0.3 is 9.47 Å². The monoisotopic (exact) mass is 315 g/mol. The van der Waals surface area contributed by atoms with Crippen LogP contribution in [-0.4, -0.2) is 22.9 Å². The molecule has 2 heterocycles. The topological polar surface area (TPSA) is 54.7 Å². The Morgan fingerprint density at radius 2 is 2.09 bits per heavy atom. The quantitative estimate of drug-likeness (QED) is 0.868. The van der Waals surface area contributed by atoms with Gasteiger partial charge in [-0.25, -0.2) is 0 Å². The number of anilines is 1. The van der Waals surface area contributed by atoms with E-state index < -0.39 is 0 Å². The van der Waals surface area contributed by atoms with Crippen LogP contribution in [0.1, 0.15) is 18.4 Å². The van der Waals surface area contributed by atoms with E-state index in [2.05, 4.69) is 4.99 Å². The van der Waals surface area contributed by atoms with Crippen LogP contribution in [-0.2, 0) is 23.1 Å². The molecule has 0 N–H and O–H groups in total. The number of amides is 2. The van der Waals surface area contributed by atoms with Gasteiger partial charge in [-0.1, -0.05) is 12.1 Å². The predicted molar refractivity (Wildman–Crippen MR) is 85.6 cm³/mol. The van der Waals surface area contributed by atoms with Crippen LogP contribution in [0.4, 0.5) is 5.69 Å². The molecule has 1 aromatic carbocycles. The van der Waals surface area contributed by atoms with E-state index in [-0.39, 0.29) is 18.2 Å². The van der Waals surface area contributed by atoms with E-state index in [1.807, 2.05) is 47.5 Å². The van der Waals surface area contributed by atoms with E-state index >= 15 is 0 Å². The molecule has 0 saturated carbocycles. The average molecular weight is 315 g/mol. The lowest BCUT2D eigenvalue weighted by atomic mass is 10.1. The fraction of sp³-hybridized carbons (Fsp3) is 0.312. The van der Waals surface area contributed by atoms with E-state index in [0.29, 0.717) is 11.2 Å². The smallest absolute Gasteiger partial charge is 0.252 e. The van der Waals surface area contributed by atoms with Crippen LogP contribution in [0.25, 0.3) is 0 Å². The van der Waals surface area contributed by atoms with Crippen LogP contribution in [0.5, 0.6) is 0 Å². The van der Waals surface area contributed by atoms with E-state index in [4.69, 9.17) is 0 Å². The minimum atomic E-state index is -0.164. The molecule has 0 aliphatic carbocycles. The molecule has 5 nitrogen and oxygen atoms in total. The Bertz CT molecular complexity index is 758. The maximum atomic E-state index is 12.0. The van der Waals surface area contributed by atoms with Gasteiger partial charge >= 0.3 is 0 Å². The van der Waals surface area contributed by atoms with Crippen molar-refractivity contribution in [2.75, 3.05) is 11.4 Å². The number of thiazole rings is 1. The van der Waals surface area contributed by atoms with Crippen LogP contribution >= 0.6 is 11.3 Å². The fourth-order valence-corrected chi connectivity index (χ4v) is 3.22. The highest BCUT2D eigenvalue weighted by Crippen LogP contribution is 2.21. The highest BCUT2D eigenvalue weighted by Gasteiger charge is 2.21. The molecule has 0 radical (unpaired) electrons. The average Bonchev–Trinajstić information content (AvgIpc) is 3.09. The summed E-state index contributed by atoms with van der Waals surface area (Å²) in [6, 6.07) is 7.58. The van der Waals surface area contributed by atoms with Gasteiger partial charge in [-0.15, -0.1) is 11.3 Å².